The molecule has 1 unspecified atom stereocenters. The van der Waals surface area contributed by atoms with Crippen molar-refractivity contribution >= 4 is 22.7 Å². The molecule has 0 radical (unpaired) electrons. The van der Waals surface area contributed by atoms with E-state index in [2.05, 4.69) is 49.7 Å². The molecule has 1 atom stereocenters. The van der Waals surface area contributed by atoms with E-state index in [4.69, 9.17) is 0 Å². The van der Waals surface area contributed by atoms with Crippen molar-refractivity contribution in [1.29, 1.82) is 0 Å². The van der Waals surface area contributed by atoms with Crippen molar-refractivity contribution in [2.24, 2.45) is 0 Å². The molecule has 2 rings (SSSR count). The zero-order chi connectivity index (χ0) is 12.3. The maximum Gasteiger partial charge on any atom is 0.0415 e. The summed E-state index contributed by atoms with van der Waals surface area (Å²) in [7, 11) is 0. The van der Waals surface area contributed by atoms with Crippen LogP contribution in [-0.2, 0) is 6.54 Å². The van der Waals surface area contributed by atoms with E-state index >= 15 is 0 Å². The van der Waals surface area contributed by atoms with Gasteiger partial charge in [0.15, 0.2) is 0 Å². The summed E-state index contributed by atoms with van der Waals surface area (Å²) in [5, 5.41) is 5.80. The molecule has 0 saturated heterocycles. The average molecular weight is 265 g/mol. The summed E-state index contributed by atoms with van der Waals surface area (Å²) < 4.78 is 0. The molecule has 1 nitrogen and oxygen atoms in total. The minimum atomic E-state index is 0.498. The molecule has 2 heterocycles. The van der Waals surface area contributed by atoms with Crippen molar-refractivity contribution in [3.8, 4) is 0 Å². The van der Waals surface area contributed by atoms with Gasteiger partial charge in [-0.25, -0.2) is 0 Å². The van der Waals surface area contributed by atoms with E-state index in [0.29, 0.717) is 6.04 Å². The molecule has 0 aliphatic carbocycles. The summed E-state index contributed by atoms with van der Waals surface area (Å²) in [6, 6.07) is 7.15. The van der Waals surface area contributed by atoms with Crippen LogP contribution in [0.1, 0.15) is 39.6 Å². The first kappa shape index (κ1) is 12.8. The molecule has 0 amide bonds. The summed E-state index contributed by atoms with van der Waals surface area (Å²) in [6.45, 7) is 7.60. The molecule has 0 aliphatic rings. The lowest BCUT2D eigenvalue weighted by molar-refractivity contribution is 0.529. The smallest absolute Gasteiger partial charge is 0.0415 e. The first-order chi connectivity index (χ1) is 8.20. The van der Waals surface area contributed by atoms with E-state index in [1.807, 2.05) is 22.7 Å². The maximum absolute atomic E-state index is 3.65. The highest BCUT2D eigenvalue weighted by Gasteiger charge is 2.10. The topological polar surface area (TPSA) is 12.0 Å². The van der Waals surface area contributed by atoms with E-state index in [1.54, 1.807) is 0 Å². The second-order valence-electron chi connectivity index (χ2n) is 4.31. The fourth-order valence-corrected chi connectivity index (χ4v) is 3.79. The Morgan fingerprint density at radius 1 is 1.35 bits per heavy atom. The van der Waals surface area contributed by atoms with Crippen molar-refractivity contribution in [1.82, 2.24) is 5.32 Å². The van der Waals surface area contributed by atoms with Crippen LogP contribution in [0.2, 0.25) is 0 Å². The van der Waals surface area contributed by atoms with Crippen LogP contribution in [0.4, 0.5) is 0 Å². The molecule has 0 aliphatic heterocycles. The summed E-state index contributed by atoms with van der Waals surface area (Å²) in [5.41, 5.74) is 1.41. The van der Waals surface area contributed by atoms with Crippen molar-refractivity contribution in [3.63, 3.8) is 0 Å². The van der Waals surface area contributed by atoms with Crippen molar-refractivity contribution < 1.29 is 0 Å². The van der Waals surface area contributed by atoms with E-state index in [1.165, 1.54) is 20.2 Å². The Balaban J connectivity index is 1.97. The third-order valence-electron chi connectivity index (χ3n) is 3.03. The molecular weight excluding hydrogens is 246 g/mol. The summed E-state index contributed by atoms with van der Waals surface area (Å²) in [4.78, 5) is 4.32. The molecule has 0 aromatic carbocycles. The van der Waals surface area contributed by atoms with Gasteiger partial charge in [0, 0.05) is 27.2 Å². The van der Waals surface area contributed by atoms with E-state index < -0.39 is 0 Å². The summed E-state index contributed by atoms with van der Waals surface area (Å²) in [6.07, 6.45) is 1.14. The maximum atomic E-state index is 3.65. The Labute approximate surface area is 112 Å². The Hall–Kier alpha value is -0.640. The predicted octanol–water partition coefficient (Wildman–Crippen LogP) is 4.67. The standard InChI is InChI=1S/C14H19NS2/c1-4-13(14-6-5-7-16-14)15-9-12-8-10(2)11(3)17-12/h5-8,13,15H,4,9H2,1-3H3. The summed E-state index contributed by atoms with van der Waals surface area (Å²) in [5.74, 6) is 0. The molecule has 1 N–H and O–H groups in total. The van der Waals surface area contributed by atoms with E-state index in [0.717, 1.165) is 13.0 Å². The fraction of sp³-hybridized carbons (Fsp3) is 0.429. The average Bonchev–Trinajstić information content (AvgIpc) is 2.92. The Bertz CT molecular complexity index is 437. The normalized spacial score (nSPS) is 12.9. The number of hydrogen-bond donors (Lipinski definition) is 1. The third kappa shape index (κ3) is 3.18. The largest absolute Gasteiger partial charge is 0.304 e. The van der Waals surface area contributed by atoms with Crippen LogP contribution < -0.4 is 5.32 Å². The van der Waals surface area contributed by atoms with Crippen LogP contribution >= 0.6 is 22.7 Å². The van der Waals surface area contributed by atoms with Crippen LogP contribution in [0.5, 0.6) is 0 Å². The number of thiophene rings is 2. The molecule has 0 fully saturated rings. The van der Waals surface area contributed by atoms with Gasteiger partial charge in [-0.1, -0.05) is 13.0 Å². The lowest BCUT2D eigenvalue weighted by Gasteiger charge is -2.14. The number of hydrogen-bond acceptors (Lipinski definition) is 3. The van der Waals surface area contributed by atoms with Gasteiger partial charge in [0.05, 0.1) is 0 Å². The van der Waals surface area contributed by atoms with Gasteiger partial charge in [-0.2, -0.15) is 0 Å². The fourth-order valence-electron chi connectivity index (χ4n) is 1.90. The Morgan fingerprint density at radius 3 is 2.71 bits per heavy atom. The van der Waals surface area contributed by atoms with Gasteiger partial charge in [-0.3, -0.25) is 0 Å². The second-order valence-corrected chi connectivity index (χ2v) is 6.63. The third-order valence-corrected chi connectivity index (χ3v) is 5.17. The summed E-state index contributed by atoms with van der Waals surface area (Å²) >= 11 is 3.74. The highest BCUT2D eigenvalue weighted by Crippen LogP contribution is 2.24. The zero-order valence-corrected chi connectivity index (χ0v) is 12.3. The van der Waals surface area contributed by atoms with Gasteiger partial charge in [0.1, 0.15) is 0 Å². The molecule has 17 heavy (non-hydrogen) atoms. The lowest BCUT2D eigenvalue weighted by Crippen LogP contribution is -2.18. The Morgan fingerprint density at radius 2 is 2.18 bits per heavy atom. The number of aryl methyl sites for hydroxylation is 2. The van der Waals surface area contributed by atoms with Crippen LogP contribution in [0.25, 0.3) is 0 Å². The number of nitrogens with one attached hydrogen (secondary N) is 1. The van der Waals surface area contributed by atoms with Crippen molar-refractivity contribution in [3.05, 3.63) is 43.8 Å². The van der Waals surface area contributed by atoms with Gasteiger partial charge in [0.25, 0.3) is 0 Å². The molecule has 2 aromatic rings. The highest BCUT2D eigenvalue weighted by molar-refractivity contribution is 7.12. The van der Waals surface area contributed by atoms with Gasteiger partial charge in [-0.05, 0) is 43.3 Å². The monoisotopic (exact) mass is 265 g/mol. The Kier molecular flexibility index (Phi) is 4.37. The first-order valence-corrected chi connectivity index (χ1v) is 7.73. The minimum absolute atomic E-state index is 0.498. The van der Waals surface area contributed by atoms with Crippen molar-refractivity contribution in [2.75, 3.05) is 0 Å². The van der Waals surface area contributed by atoms with Crippen LogP contribution in [-0.4, -0.2) is 0 Å². The van der Waals surface area contributed by atoms with E-state index in [9.17, 15) is 0 Å². The quantitative estimate of drug-likeness (QED) is 0.828. The molecule has 2 aromatic heterocycles. The molecule has 0 saturated carbocycles. The minimum Gasteiger partial charge on any atom is -0.304 e. The predicted molar refractivity (Wildman–Crippen MR) is 78.0 cm³/mol. The second kappa shape index (κ2) is 5.80. The molecular formula is C14H19NS2. The van der Waals surface area contributed by atoms with Crippen molar-refractivity contribution in [2.45, 2.75) is 39.8 Å². The highest BCUT2D eigenvalue weighted by atomic mass is 32.1. The lowest BCUT2D eigenvalue weighted by atomic mass is 10.2. The number of rotatable bonds is 5. The van der Waals surface area contributed by atoms with Gasteiger partial charge in [0.2, 0.25) is 0 Å². The van der Waals surface area contributed by atoms with Crippen LogP contribution in [0.15, 0.2) is 23.6 Å². The van der Waals surface area contributed by atoms with Crippen LogP contribution in [0, 0.1) is 13.8 Å². The molecule has 0 bridgehead atoms. The van der Waals surface area contributed by atoms with Crippen LogP contribution in [0.3, 0.4) is 0 Å². The molecule has 0 spiro atoms. The van der Waals surface area contributed by atoms with E-state index in [-0.39, 0.29) is 0 Å². The SMILES string of the molecule is CCC(NCc1cc(C)c(C)s1)c1cccs1. The molecule has 3 heteroatoms. The molecule has 92 valence electrons. The first-order valence-electron chi connectivity index (χ1n) is 6.03. The van der Waals surface area contributed by atoms with Gasteiger partial charge in [-0.15, -0.1) is 22.7 Å². The zero-order valence-electron chi connectivity index (χ0n) is 10.6. The van der Waals surface area contributed by atoms with Gasteiger partial charge >= 0.3 is 0 Å². The van der Waals surface area contributed by atoms with Gasteiger partial charge < -0.3 is 5.32 Å².